The number of ether oxygens (including phenoxy) is 1. The zero-order valence-corrected chi connectivity index (χ0v) is 13.8. The van der Waals surface area contributed by atoms with Crippen molar-refractivity contribution >= 4 is 0 Å². The van der Waals surface area contributed by atoms with E-state index >= 15 is 0 Å². The minimum absolute atomic E-state index is 0.0214. The van der Waals surface area contributed by atoms with Gasteiger partial charge in [-0.25, -0.2) is 4.39 Å². The third-order valence-corrected chi connectivity index (χ3v) is 4.24. The molecule has 1 aromatic rings. The molecule has 1 atom stereocenters. The number of alkyl halides is 3. The van der Waals surface area contributed by atoms with Crippen LogP contribution >= 0.6 is 0 Å². The van der Waals surface area contributed by atoms with Crippen LogP contribution in [0.3, 0.4) is 0 Å². The van der Waals surface area contributed by atoms with Gasteiger partial charge in [0.05, 0.1) is 0 Å². The van der Waals surface area contributed by atoms with Gasteiger partial charge in [-0.1, -0.05) is 32.3 Å². The minimum atomic E-state index is -4.89. The minimum Gasteiger partial charge on any atom is -0.403 e. The van der Waals surface area contributed by atoms with Crippen molar-refractivity contribution in [3.63, 3.8) is 0 Å². The van der Waals surface area contributed by atoms with Crippen molar-refractivity contribution < 1.29 is 22.3 Å². The summed E-state index contributed by atoms with van der Waals surface area (Å²) in [5.74, 6) is -1.75. The van der Waals surface area contributed by atoms with E-state index in [4.69, 9.17) is 0 Å². The highest BCUT2D eigenvalue weighted by molar-refractivity contribution is 5.31. The highest BCUT2D eigenvalue weighted by Gasteiger charge is 2.32. The van der Waals surface area contributed by atoms with Crippen molar-refractivity contribution in [1.29, 1.82) is 0 Å². The number of hydrogen-bond acceptors (Lipinski definition) is 3. The van der Waals surface area contributed by atoms with Gasteiger partial charge >= 0.3 is 6.36 Å². The van der Waals surface area contributed by atoms with E-state index in [1.165, 1.54) is 6.07 Å². The molecule has 0 saturated carbocycles. The number of unbranched alkanes of at least 4 members (excludes halogenated alkanes) is 2. The van der Waals surface area contributed by atoms with Crippen LogP contribution < -0.4 is 10.1 Å². The van der Waals surface area contributed by atoms with Gasteiger partial charge < -0.3 is 10.1 Å². The summed E-state index contributed by atoms with van der Waals surface area (Å²) in [4.78, 5) is 2.27. The molecule has 0 unspecified atom stereocenters. The third-order valence-electron chi connectivity index (χ3n) is 4.24. The van der Waals surface area contributed by atoms with E-state index in [9.17, 15) is 17.6 Å². The lowest BCUT2D eigenvalue weighted by Gasteiger charge is -2.35. The Balaban J connectivity index is 2.16. The van der Waals surface area contributed by atoms with E-state index < -0.39 is 17.9 Å². The molecule has 0 amide bonds. The molecule has 136 valence electrons. The van der Waals surface area contributed by atoms with E-state index in [1.54, 1.807) is 6.07 Å². The number of halogens is 4. The molecule has 0 radical (unpaired) electrons. The first-order valence-corrected chi connectivity index (χ1v) is 8.40. The predicted molar refractivity (Wildman–Crippen MR) is 84.4 cm³/mol. The van der Waals surface area contributed by atoms with Crippen LogP contribution in [0.15, 0.2) is 18.2 Å². The molecule has 0 aromatic heterocycles. The average molecular weight is 348 g/mol. The molecular weight excluding hydrogens is 324 g/mol. The second kappa shape index (κ2) is 8.67. The standard InChI is InChI=1S/C17H24F4N2O/c1-2-3-4-5-15(23-10-8-22-9-11-23)13-6-7-16(14(18)12-13)24-17(19,20)21/h6-7,12,15,22H,2-5,8-11H2,1H3/t15-/m0/s1. The topological polar surface area (TPSA) is 24.5 Å². The Labute approximate surface area is 140 Å². The lowest BCUT2D eigenvalue weighted by molar-refractivity contribution is -0.275. The Bertz CT molecular complexity index is 516. The summed E-state index contributed by atoms with van der Waals surface area (Å²) in [6.07, 6.45) is -0.844. The van der Waals surface area contributed by atoms with E-state index in [0.29, 0.717) is 5.56 Å². The fourth-order valence-corrected chi connectivity index (χ4v) is 3.07. The quantitative estimate of drug-likeness (QED) is 0.589. The summed E-state index contributed by atoms with van der Waals surface area (Å²) in [5.41, 5.74) is 0.708. The molecule has 0 spiro atoms. The largest absolute Gasteiger partial charge is 0.573 e. The van der Waals surface area contributed by atoms with Crippen LogP contribution in [0.5, 0.6) is 5.75 Å². The van der Waals surface area contributed by atoms with Gasteiger partial charge in [0, 0.05) is 32.2 Å². The maximum atomic E-state index is 14.0. The summed E-state index contributed by atoms with van der Waals surface area (Å²) in [6, 6.07) is 3.82. The van der Waals surface area contributed by atoms with Gasteiger partial charge in [-0.2, -0.15) is 0 Å². The molecule has 24 heavy (non-hydrogen) atoms. The summed E-state index contributed by atoms with van der Waals surface area (Å²) in [7, 11) is 0. The molecule has 1 fully saturated rings. The zero-order chi connectivity index (χ0) is 17.6. The monoisotopic (exact) mass is 348 g/mol. The fourth-order valence-electron chi connectivity index (χ4n) is 3.07. The van der Waals surface area contributed by atoms with Crippen LogP contribution in [0.1, 0.15) is 44.2 Å². The molecule has 0 bridgehead atoms. The lowest BCUT2D eigenvalue weighted by atomic mass is 9.98. The number of benzene rings is 1. The van der Waals surface area contributed by atoms with Crippen LogP contribution in [-0.4, -0.2) is 37.4 Å². The number of rotatable bonds is 7. The molecule has 3 nitrogen and oxygen atoms in total. The van der Waals surface area contributed by atoms with Gasteiger partial charge in [0.25, 0.3) is 0 Å². The average Bonchev–Trinajstić information content (AvgIpc) is 2.53. The maximum Gasteiger partial charge on any atom is 0.573 e. The van der Waals surface area contributed by atoms with Crippen molar-refractivity contribution in [2.75, 3.05) is 26.2 Å². The van der Waals surface area contributed by atoms with E-state index in [2.05, 4.69) is 21.9 Å². The SMILES string of the molecule is CCCCC[C@@H](c1ccc(OC(F)(F)F)c(F)c1)N1CCNCC1. The van der Waals surface area contributed by atoms with E-state index in [-0.39, 0.29) is 6.04 Å². The molecule has 1 heterocycles. The normalized spacial score (nSPS) is 17.7. The van der Waals surface area contributed by atoms with Crippen molar-refractivity contribution in [2.24, 2.45) is 0 Å². The highest BCUT2D eigenvalue weighted by Crippen LogP contribution is 2.32. The fraction of sp³-hybridized carbons (Fsp3) is 0.647. The smallest absolute Gasteiger partial charge is 0.403 e. The maximum absolute atomic E-state index is 14.0. The van der Waals surface area contributed by atoms with Crippen molar-refractivity contribution in [3.05, 3.63) is 29.6 Å². The highest BCUT2D eigenvalue weighted by atomic mass is 19.4. The van der Waals surface area contributed by atoms with Gasteiger partial charge in [-0.3, -0.25) is 4.90 Å². The molecule has 1 aromatic carbocycles. The first-order chi connectivity index (χ1) is 11.4. The van der Waals surface area contributed by atoms with Gasteiger partial charge in [0.2, 0.25) is 0 Å². The first kappa shape index (κ1) is 19.0. The molecule has 1 aliphatic rings. The van der Waals surface area contributed by atoms with E-state index in [1.807, 2.05) is 0 Å². The number of nitrogens with one attached hydrogen (secondary N) is 1. The van der Waals surface area contributed by atoms with Crippen molar-refractivity contribution in [3.8, 4) is 5.75 Å². The second-order valence-electron chi connectivity index (χ2n) is 6.04. The van der Waals surface area contributed by atoms with Crippen molar-refractivity contribution in [2.45, 2.75) is 45.0 Å². The van der Waals surface area contributed by atoms with Crippen molar-refractivity contribution in [1.82, 2.24) is 10.2 Å². The van der Waals surface area contributed by atoms with Gasteiger partial charge in [-0.05, 0) is 24.1 Å². The molecule has 0 aliphatic carbocycles. The Kier molecular flexibility index (Phi) is 6.86. The van der Waals surface area contributed by atoms with Gasteiger partial charge in [0.1, 0.15) is 0 Å². The van der Waals surface area contributed by atoms with Crippen LogP contribution in [0.25, 0.3) is 0 Å². The lowest BCUT2D eigenvalue weighted by Crippen LogP contribution is -2.45. The summed E-state index contributed by atoms with van der Waals surface area (Å²) in [5, 5.41) is 3.27. The molecule has 7 heteroatoms. The van der Waals surface area contributed by atoms with E-state index in [0.717, 1.165) is 57.9 Å². The zero-order valence-electron chi connectivity index (χ0n) is 13.8. The summed E-state index contributed by atoms with van der Waals surface area (Å²) >= 11 is 0. The molecular formula is C17H24F4N2O. The number of hydrogen-bond donors (Lipinski definition) is 1. The summed E-state index contributed by atoms with van der Waals surface area (Å²) < 4.78 is 54.6. The molecule has 1 aliphatic heterocycles. The molecule has 2 rings (SSSR count). The van der Waals surface area contributed by atoms with Crippen LogP contribution in [0.2, 0.25) is 0 Å². The number of nitrogens with zero attached hydrogens (tertiary/aromatic N) is 1. The number of piperazine rings is 1. The van der Waals surface area contributed by atoms with Crippen LogP contribution in [-0.2, 0) is 0 Å². The molecule has 1 saturated heterocycles. The summed E-state index contributed by atoms with van der Waals surface area (Å²) in [6.45, 7) is 5.53. The third kappa shape index (κ3) is 5.63. The van der Waals surface area contributed by atoms with Crippen LogP contribution in [0, 0.1) is 5.82 Å². The van der Waals surface area contributed by atoms with Gasteiger partial charge in [-0.15, -0.1) is 13.2 Å². The second-order valence-corrected chi connectivity index (χ2v) is 6.04. The first-order valence-electron chi connectivity index (χ1n) is 8.40. The Morgan fingerprint density at radius 2 is 1.92 bits per heavy atom. The Morgan fingerprint density at radius 1 is 1.21 bits per heavy atom. The Hall–Kier alpha value is -1.34. The Morgan fingerprint density at radius 3 is 2.50 bits per heavy atom. The predicted octanol–water partition coefficient (Wildman–Crippen LogP) is 4.25. The van der Waals surface area contributed by atoms with Crippen LogP contribution in [0.4, 0.5) is 17.6 Å². The van der Waals surface area contributed by atoms with Gasteiger partial charge in [0.15, 0.2) is 11.6 Å². The molecule has 1 N–H and O–H groups in total.